The molecule has 1 heterocycles. The maximum absolute atomic E-state index is 11.7. The average molecular weight is 213 g/mol. The van der Waals surface area contributed by atoms with Gasteiger partial charge in [0, 0.05) is 13.3 Å². The summed E-state index contributed by atoms with van der Waals surface area (Å²) in [7, 11) is 0. The number of likely N-dealkylation sites (tertiary alicyclic amines) is 1. The minimum atomic E-state index is -1.29. The Morgan fingerprint density at radius 1 is 1.33 bits per heavy atom. The van der Waals surface area contributed by atoms with E-state index in [1.54, 1.807) is 0 Å². The molecule has 0 aromatic heterocycles. The maximum Gasteiger partial charge on any atom is 0.219 e. The number of nitrogens with zero attached hydrogens (tertiary/aromatic N) is 1. The molecule has 1 fully saturated rings. The van der Waals surface area contributed by atoms with E-state index in [2.05, 4.69) is 0 Å². The fourth-order valence-corrected chi connectivity index (χ4v) is 1.63. The van der Waals surface area contributed by atoms with Crippen LogP contribution in [0.4, 0.5) is 0 Å². The fourth-order valence-electron chi connectivity index (χ4n) is 1.63. The molecule has 0 unspecified atom stereocenters. The van der Waals surface area contributed by atoms with Crippen molar-refractivity contribution in [1.29, 1.82) is 0 Å². The lowest BCUT2D eigenvalue weighted by atomic mass is 9.80. The minimum absolute atomic E-state index is 0.0942. The van der Waals surface area contributed by atoms with E-state index in [1.165, 1.54) is 11.8 Å². The molecule has 0 saturated carbocycles. The second-order valence-electron chi connectivity index (χ2n) is 5.57. The van der Waals surface area contributed by atoms with E-state index < -0.39 is 5.60 Å². The van der Waals surface area contributed by atoms with Gasteiger partial charge in [0.25, 0.3) is 0 Å². The van der Waals surface area contributed by atoms with E-state index in [0.717, 1.165) is 0 Å². The van der Waals surface area contributed by atoms with Crippen molar-refractivity contribution < 1.29 is 14.7 Å². The van der Waals surface area contributed by atoms with Crippen molar-refractivity contribution in [3.8, 4) is 0 Å². The maximum atomic E-state index is 11.7. The summed E-state index contributed by atoms with van der Waals surface area (Å²) in [5, 5.41) is 9.92. The standard InChI is InChI=1S/C11H19NO3/c1-8(13)12-6-11(15,7-12)9(14)5-10(2,3)4/h15H,5-7H2,1-4H3. The molecule has 0 aliphatic carbocycles. The topological polar surface area (TPSA) is 57.6 Å². The third-order valence-electron chi connectivity index (χ3n) is 2.56. The summed E-state index contributed by atoms with van der Waals surface area (Å²) in [5.74, 6) is -0.254. The highest BCUT2D eigenvalue weighted by Gasteiger charge is 2.48. The summed E-state index contributed by atoms with van der Waals surface area (Å²) in [4.78, 5) is 24.1. The van der Waals surface area contributed by atoms with Gasteiger partial charge in [0.05, 0.1) is 13.1 Å². The Kier molecular flexibility index (Phi) is 2.92. The average Bonchev–Trinajstić information content (AvgIpc) is 1.94. The highest BCUT2D eigenvalue weighted by atomic mass is 16.3. The van der Waals surface area contributed by atoms with Gasteiger partial charge >= 0.3 is 0 Å². The predicted molar refractivity (Wildman–Crippen MR) is 56.3 cm³/mol. The Hall–Kier alpha value is -0.900. The first-order chi connectivity index (χ1) is 6.64. The molecule has 4 heteroatoms. The van der Waals surface area contributed by atoms with E-state index in [1.807, 2.05) is 20.8 Å². The molecule has 0 atom stereocenters. The van der Waals surface area contributed by atoms with Crippen LogP contribution in [0, 0.1) is 5.41 Å². The van der Waals surface area contributed by atoms with Crippen molar-refractivity contribution in [3.63, 3.8) is 0 Å². The monoisotopic (exact) mass is 213 g/mol. The van der Waals surface area contributed by atoms with Crippen LogP contribution in [0.3, 0.4) is 0 Å². The number of aliphatic hydroxyl groups is 1. The number of carbonyl (C=O) groups excluding carboxylic acids is 2. The van der Waals surface area contributed by atoms with Gasteiger partial charge in [-0.15, -0.1) is 0 Å². The molecule has 1 amide bonds. The smallest absolute Gasteiger partial charge is 0.219 e. The molecule has 1 rings (SSSR count). The lowest BCUT2D eigenvalue weighted by Gasteiger charge is -2.45. The van der Waals surface area contributed by atoms with Crippen molar-refractivity contribution >= 4 is 11.7 Å². The molecular weight excluding hydrogens is 194 g/mol. The molecule has 1 aliphatic rings. The van der Waals surface area contributed by atoms with E-state index in [0.29, 0.717) is 6.42 Å². The van der Waals surface area contributed by atoms with Crippen LogP contribution in [0.5, 0.6) is 0 Å². The number of ketones is 1. The van der Waals surface area contributed by atoms with Gasteiger partial charge in [0.15, 0.2) is 11.4 Å². The minimum Gasteiger partial charge on any atom is -0.378 e. The van der Waals surface area contributed by atoms with E-state index >= 15 is 0 Å². The normalized spacial score (nSPS) is 19.7. The van der Waals surface area contributed by atoms with Gasteiger partial charge in [-0.2, -0.15) is 0 Å². The van der Waals surface area contributed by atoms with Crippen LogP contribution in [0.1, 0.15) is 34.1 Å². The SMILES string of the molecule is CC(=O)N1CC(O)(C(=O)CC(C)(C)C)C1. The Bertz CT molecular complexity index is 285. The van der Waals surface area contributed by atoms with Crippen LogP contribution in [0.2, 0.25) is 0 Å². The van der Waals surface area contributed by atoms with Crippen LogP contribution in [0.15, 0.2) is 0 Å². The van der Waals surface area contributed by atoms with E-state index in [9.17, 15) is 14.7 Å². The molecule has 0 bridgehead atoms. The second-order valence-corrected chi connectivity index (χ2v) is 5.57. The first-order valence-electron chi connectivity index (χ1n) is 5.15. The Balaban J connectivity index is 2.53. The third kappa shape index (κ3) is 2.78. The number of hydrogen-bond acceptors (Lipinski definition) is 3. The summed E-state index contributed by atoms with van der Waals surface area (Å²) >= 11 is 0. The van der Waals surface area contributed by atoms with Crippen molar-refractivity contribution in [3.05, 3.63) is 0 Å². The van der Waals surface area contributed by atoms with E-state index in [-0.39, 0.29) is 30.2 Å². The largest absolute Gasteiger partial charge is 0.378 e. The third-order valence-corrected chi connectivity index (χ3v) is 2.56. The van der Waals surface area contributed by atoms with Gasteiger partial charge in [-0.1, -0.05) is 20.8 Å². The number of Topliss-reactive ketones (excluding diaryl/α,β-unsaturated/α-hetero) is 1. The first-order valence-corrected chi connectivity index (χ1v) is 5.15. The molecule has 0 aromatic rings. The number of carbonyl (C=O) groups is 2. The number of amides is 1. The van der Waals surface area contributed by atoms with Gasteiger partial charge < -0.3 is 10.0 Å². The van der Waals surface area contributed by atoms with Crippen LogP contribution in [-0.2, 0) is 9.59 Å². The molecular formula is C11H19NO3. The summed E-state index contributed by atoms with van der Waals surface area (Å²) in [6.07, 6.45) is 0.343. The molecule has 15 heavy (non-hydrogen) atoms. The van der Waals surface area contributed by atoms with Crippen molar-refractivity contribution in [2.24, 2.45) is 5.41 Å². The Labute approximate surface area is 90.3 Å². The fraction of sp³-hybridized carbons (Fsp3) is 0.818. The zero-order chi connectivity index (χ0) is 11.9. The van der Waals surface area contributed by atoms with Gasteiger partial charge in [-0.05, 0) is 5.41 Å². The highest BCUT2D eigenvalue weighted by Crippen LogP contribution is 2.28. The Morgan fingerprint density at radius 3 is 2.13 bits per heavy atom. The summed E-state index contributed by atoms with van der Waals surface area (Å²) in [5.41, 5.74) is -1.41. The predicted octanol–water partition coefficient (Wildman–Crippen LogP) is 0.585. The van der Waals surface area contributed by atoms with Crippen LogP contribution < -0.4 is 0 Å². The van der Waals surface area contributed by atoms with Crippen molar-refractivity contribution in [2.75, 3.05) is 13.1 Å². The number of hydrogen-bond donors (Lipinski definition) is 1. The van der Waals surface area contributed by atoms with E-state index in [4.69, 9.17) is 0 Å². The molecule has 4 nitrogen and oxygen atoms in total. The Morgan fingerprint density at radius 2 is 1.80 bits per heavy atom. The number of β-amino-alcohol motifs (C(OH)–C–C–N with tert-alkyl or cyclic N) is 1. The molecule has 0 aromatic carbocycles. The lowest BCUT2D eigenvalue weighted by molar-refractivity contribution is -0.166. The highest BCUT2D eigenvalue weighted by molar-refractivity contribution is 5.91. The van der Waals surface area contributed by atoms with Gasteiger partial charge in [-0.3, -0.25) is 9.59 Å². The van der Waals surface area contributed by atoms with Gasteiger partial charge in [-0.25, -0.2) is 0 Å². The molecule has 1 aliphatic heterocycles. The molecule has 0 spiro atoms. The first kappa shape index (κ1) is 12.2. The summed E-state index contributed by atoms with van der Waals surface area (Å²) < 4.78 is 0. The zero-order valence-electron chi connectivity index (χ0n) is 9.83. The second kappa shape index (κ2) is 3.59. The molecule has 0 radical (unpaired) electrons. The zero-order valence-corrected chi connectivity index (χ0v) is 9.83. The van der Waals surface area contributed by atoms with Crippen LogP contribution >= 0.6 is 0 Å². The number of rotatable bonds is 2. The van der Waals surface area contributed by atoms with Crippen molar-refractivity contribution in [2.45, 2.75) is 39.7 Å². The van der Waals surface area contributed by atoms with Crippen LogP contribution in [0.25, 0.3) is 0 Å². The summed E-state index contributed by atoms with van der Waals surface area (Å²) in [6.45, 7) is 7.60. The van der Waals surface area contributed by atoms with Gasteiger partial charge in [0.2, 0.25) is 5.91 Å². The van der Waals surface area contributed by atoms with Crippen molar-refractivity contribution in [1.82, 2.24) is 4.90 Å². The van der Waals surface area contributed by atoms with Gasteiger partial charge in [0.1, 0.15) is 0 Å². The molecule has 1 saturated heterocycles. The lowest BCUT2D eigenvalue weighted by Crippen LogP contribution is -2.67. The van der Waals surface area contributed by atoms with Crippen LogP contribution in [-0.4, -0.2) is 40.4 Å². The summed E-state index contributed by atoms with van der Waals surface area (Å²) in [6, 6.07) is 0. The molecule has 1 N–H and O–H groups in total. The quantitative estimate of drug-likeness (QED) is 0.730. The molecule has 86 valence electrons.